The van der Waals surface area contributed by atoms with Gasteiger partial charge in [0.1, 0.15) is 17.1 Å². The summed E-state index contributed by atoms with van der Waals surface area (Å²) in [6.07, 6.45) is 5.40. The van der Waals surface area contributed by atoms with Crippen LogP contribution < -0.4 is 0 Å². The van der Waals surface area contributed by atoms with Gasteiger partial charge in [0.25, 0.3) is 0 Å². The maximum Gasteiger partial charge on any atom is 0.354 e. The van der Waals surface area contributed by atoms with Crippen LogP contribution in [-0.4, -0.2) is 35.2 Å². The molecular formula is C34H28IrN5O2-. The van der Waals surface area contributed by atoms with Crippen LogP contribution in [0.25, 0.3) is 44.3 Å². The van der Waals surface area contributed by atoms with E-state index in [0.29, 0.717) is 0 Å². The number of carboxylic acids is 1. The van der Waals surface area contributed by atoms with Crippen LogP contribution in [0.15, 0.2) is 91.5 Å². The first kappa shape index (κ1) is 28.9. The molecule has 8 heteroatoms. The number of para-hydroxylation sites is 1. The summed E-state index contributed by atoms with van der Waals surface area (Å²) in [5.41, 5.74) is 9.93. The Morgan fingerprint density at radius 1 is 0.833 bits per heavy atom. The number of hydrogen-bond acceptors (Lipinski definition) is 4. The van der Waals surface area contributed by atoms with E-state index in [9.17, 15) is 4.79 Å². The van der Waals surface area contributed by atoms with Gasteiger partial charge in [-0.1, -0.05) is 54.8 Å². The molecule has 1 N–H and O–H groups in total. The van der Waals surface area contributed by atoms with Crippen molar-refractivity contribution in [2.45, 2.75) is 27.7 Å². The average molecular weight is 731 g/mol. The van der Waals surface area contributed by atoms with Crippen molar-refractivity contribution < 1.29 is 30.0 Å². The Morgan fingerprint density at radius 2 is 1.57 bits per heavy atom. The van der Waals surface area contributed by atoms with Crippen LogP contribution in [0.2, 0.25) is 0 Å². The van der Waals surface area contributed by atoms with Gasteiger partial charge in [-0.3, -0.25) is 4.52 Å². The van der Waals surface area contributed by atoms with E-state index in [1.54, 1.807) is 12.1 Å². The van der Waals surface area contributed by atoms with Crippen LogP contribution in [0.3, 0.4) is 0 Å². The predicted octanol–water partition coefficient (Wildman–Crippen LogP) is 7.30. The van der Waals surface area contributed by atoms with Crippen molar-refractivity contribution in [2.24, 2.45) is 0 Å². The summed E-state index contributed by atoms with van der Waals surface area (Å²) < 4.78 is 4.12. The summed E-state index contributed by atoms with van der Waals surface area (Å²) >= 11 is 0. The Hall–Kier alpha value is -4.65. The summed E-state index contributed by atoms with van der Waals surface area (Å²) in [5, 5.41) is 17.0. The number of aromatic nitrogens is 5. The molecule has 7 aromatic rings. The number of benzene rings is 3. The molecule has 4 aromatic heterocycles. The van der Waals surface area contributed by atoms with Crippen molar-refractivity contribution in [3.05, 3.63) is 126 Å². The fourth-order valence-electron chi connectivity index (χ4n) is 5.34. The van der Waals surface area contributed by atoms with Gasteiger partial charge in [0.2, 0.25) is 0 Å². The summed E-state index contributed by atoms with van der Waals surface area (Å²) in [6.45, 7) is 8.53. The molecule has 0 aliphatic carbocycles. The van der Waals surface area contributed by atoms with E-state index in [-0.39, 0.29) is 25.8 Å². The smallest absolute Gasteiger partial charge is 0.354 e. The van der Waals surface area contributed by atoms with Gasteiger partial charge in [-0.2, -0.15) is 28.9 Å². The van der Waals surface area contributed by atoms with Crippen molar-refractivity contribution in [2.75, 3.05) is 0 Å². The monoisotopic (exact) mass is 731 g/mol. The molecule has 0 aliphatic heterocycles. The Bertz CT molecular complexity index is 2060. The van der Waals surface area contributed by atoms with Crippen molar-refractivity contribution in [1.82, 2.24) is 24.1 Å². The molecule has 0 saturated heterocycles. The number of carbonyl (C=O) groups is 1. The zero-order chi connectivity index (χ0) is 28.7. The number of aryl methyl sites for hydroxylation is 4. The Kier molecular flexibility index (Phi) is 8.03. The van der Waals surface area contributed by atoms with Crippen LogP contribution >= 0.6 is 0 Å². The van der Waals surface area contributed by atoms with Crippen molar-refractivity contribution in [1.29, 1.82) is 0 Å². The number of nitrogens with zero attached hydrogens (tertiary/aromatic N) is 5. The number of imidazole rings is 1. The fourth-order valence-corrected chi connectivity index (χ4v) is 5.34. The van der Waals surface area contributed by atoms with Crippen molar-refractivity contribution >= 4 is 33.2 Å². The van der Waals surface area contributed by atoms with Crippen LogP contribution in [0.4, 0.5) is 0 Å². The molecule has 3 aromatic carbocycles. The third kappa shape index (κ3) is 5.22. The van der Waals surface area contributed by atoms with E-state index < -0.39 is 5.97 Å². The number of hydrogen-bond donors (Lipinski definition) is 1. The van der Waals surface area contributed by atoms with Crippen LogP contribution in [-0.2, 0) is 20.1 Å². The molecule has 4 heterocycles. The molecule has 211 valence electrons. The number of pyridine rings is 2. The van der Waals surface area contributed by atoms with Crippen molar-refractivity contribution in [3.63, 3.8) is 0 Å². The van der Waals surface area contributed by atoms with Gasteiger partial charge >= 0.3 is 5.97 Å². The molecule has 0 bridgehead atoms. The average Bonchev–Trinajstić information content (AvgIpc) is 3.62. The molecule has 0 amide bonds. The summed E-state index contributed by atoms with van der Waals surface area (Å²) in [5.74, 6) is -0.990. The van der Waals surface area contributed by atoms with Crippen molar-refractivity contribution in [3.8, 4) is 17.1 Å². The second-order valence-corrected chi connectivity index (χ2v) is 10.2. The van der Waals surface area contributed by atoms with E-state index in [0.717, 1.165) is 22.4 Å². The topological polar surface area (TPSA) is 85.3 Å². The van der Waals surface area contributed by atoms with Gasteiger partial charge in [-0.15, -0.1) is 5.39 Å². The van der Waals surface area contributed by atoms with Gasteiger partial charge in [0.15, 0.2) is 0 Å². The molecule has 0 atom stereocenters. The zero-order valence-electron chi connectivity index (χ0n) is 23.6. The largest absolute Gasteiger partial charge is 0.477 e. The van der Waals surface area contributed by atoms with Gasteiger partial charge < -0.3 is 9.67 Å². The third-order valence-corrected chi connectivity index (χ3v) is 7.23. The minimum absolute atomic E-state index is 0. The van der Waals surface area contributed by atoms with E-state index in [1.165, 1.54) is 56.4 Å². The maximum absolute atomic E-state index is 10.1. The van der Waals surface area contributed by atoms with Gasteiger partial charge in [0.05, 0.1) is 17.5 Å². The molecule has 42 heavy (non-hydrogen) atoms. The van der Waals surface area contributed by atoms with E-state index in [4.69, 9.17) is 15.2 Å². The molecule has 7 nitrogen and oxygen atoms in total. The van der Waals surface area contributed by atoms with E-state index in [2.05, 4.69) is 98.0 Å². The van der Waals surface area contributed by atoms with Gasteiger partial charge in [-0.25, -0.2) is 14.8 Å². The minimum atomic E-state index is -0.990. The van der Waals surface area contributed by atoms with Crippen LogP contribution in [0.5, 0.6) is 0 Å². The first-order valence-corrected chi connectivity index (χ1v) is 13.3. The predicted molar refractivity (Wildman–Crippen MR) is 162 cm³/mol. The number of rotatable bonds is 3. The number of carboxylic acid groups (broad SMARTS) is 1. The third-order valence-electron chi connectivity index (χ3n) is 7.23. The quantitative estimate of drug-likeness (QED) is 0.152. The fraction of sp³-hybridized carbons (Fsp3) is 0.118. The molecule has 7 rings (SSSR count). The Balaban J connectivity index is 0.000000305. The molecule has 0 unspecified atom stereocenters. The molecule has 0 saturated carbocycles. The first-order chi connectivity index (χ1) is 19.8. The summed E-state index contributed by atoms with van der Waals surface area (Å²) in [4.78, 5) is 18.4. The second kappa shape index (κ2) is 11.7. The molecule has 0 spiro atoms. The second-order valence-electron chi connectivity index (χ2n) is 10.2. The SMILES string of the molecule is Cc1c[c-]c2c(c1)c1cccc(C)c1c1cc(-c3cn(-c4c(C)cccc4C)cn3)nn21.O=C(O)c1ccccn1.[Ir]. The first-order valence-electron chi connectivity index (χ1n) is 13.3. The molecule has 0 fully saturated rings. The minimum Gasteiger partial charge on any atom is -0.477 e. The summed E-state index contributed by atoms with van der Waals surface area (Å²) in [6, 6.07) is 27.5. The number of aromatic carboxylic acids is 1. The maximum atomic E-state index is 10.1. The van der Waals surface area contributed by atoms with E-state index >= 15 is 0 Å². The van der Waals surface area contributed by atoms with Crippen LogP contribution in [0.1, 0.15) is 32.7 Å². The Morgan fingerprint density at radius 3 is 2.26 bits per heavy atom. The molecular weight excluding hydrogens is 703 g/mol. The standard InChI is InChI=1S/C28H23N4.C6H5NO2.Ir/c1-17-11-12-25-22(13-17)21-10-6-7-18(2)27(21)26-14-23(30-32(25)26)24-15-31(16-29-24)28-19(3)8-5-9-20(28)4;8-6(9)5-3-1-2-4-7-5;/h5-11,13-16H,1-4H3;1-4H,(H,8,9);/q-1;;. The summed E-state index contributed by atoms with van der Waals surface area (Å²) in [7, 11) is 0. The molecule has 1 radical (unpaired) electrons. The van der Waals surface area contributed by atoms with Gasteiger partial charge in [-0.05, 0) is 66.6 Å². The zero-order valence-corrected chi connectivity index (χ0v) is 26.0. The Labute approximate surface area is 256 Å². The number of fused-ring (bicyclic) bond motifs is 6. The molecule has 0 aliphatic rings. The van der Waals surface area contributed by atoms with Crippen LogP contribution in [0, 0.1) is 33.8 Å². The normalized spacial score (nSPS) is 10.9. The van der Waals surface area contributed by atoms with Gasteiger partial charge in [0, 0.05) is 32.5 Å². The van der Waals surface area contributed by atoms with E-state index in [1.807, 2.05) is 16.9 Å².